The van der Waals surface area contributed by atoms with Gasteiger partial charge in [-0.3, -0.25) is 4.79 Å². The molecule has 0 aromatic heterocycles. The van der Waals surface area contributed by atoms with Gasteiger partial charge in [-0.15, -0.1) is 0 Å². The van der Waals surface area contributed by atoms with E-state index < -0.39 is 11.7 Å². The van der Waals surface area contributed by atoms with Gasteiger partial charge in [0.05, 0.1) is 26.0 Å². The van der Waals surface area contributed by atoms with Crippen molar-refractivity contribution in [3.8, 4) is 17.2 Å². The topological polar surface area (TPSA) is 69.2 Å². The van der Waals surface area contributed by atoms with Gasteiger partial charge in [0.15, 0.2) is 11.5 Å². The predicted octanol–water partition coefficient (Wildman–Crippen LogP) is 3.79. The first kappa shape index (κ1) is 20.2. The highest BCUT2D eigenvalue weighted by Crippen LogP contribution is 2.39. The maximum atomic E-state index is 13.6. The van der Waals surface area contributed by atoms with E-state index in [1.807, 2.05) is 20.8 Å². The summed E-state index contributed by atoms with van der Waals surface area (Å²) < 4.78 is 30.4. The number of halogens is 1. The third kappa shape index (κ3) is 5.44. The van der Waals surface area contributed by atoms with Crippen LogP contribution in [0.3, 0.4) is 0 Å². The van der Waals surface area contributed by atoms with Gasteiger partial charge in [0.25, 0.3) is 5.91 Å². The third-order valence-electron chi connectivity index (χ3n) is 3.45. The minimum atomic E-state index is -0.479. The van der Waals surface area contributed by atoms with E-state index in [9.17, 15) is 9.18 Å². The van der Waals surface area contributed by atoms with Crippen LogP contribution in [0, 0.1) is 5.82 Å². The molecule has 6 nitrogen and oxygen atoms in total. The van der Waals surface area contributed by atoms with Gasteiger partial charge >= 0.3 is 0 Å². The highest BCUT2D eigenvalue weighted by Gasteiger charge is 2.18. The molecule has 2 aromatic rings. The number of benzene rings is 2. The van der Waals surface area contributed by atoms with Crippen molar-refractivity contribution in [2.45, 2.75) is 20.8 Å². The van der Waals surface area contributed by atoms with Crippen LogP contribution in [0.25, 0.3) is 0 Å². The Morgan fingerprint density at radius 2 is 1.63 bits per heavy atom. The molecule has 2 aromatic carbocycles. The molecule has 0 atom stereocenters. The van der Waals surface area contributed by atoms with Gasteiger partial charge in [0.1, 0.15) is 5.82 Å². The first-order chi connectivity index (χ1) is 13.1. The van der Waals surface area contributed by atoms with Gasteiger partial charge in [-0.25, -0.2) is 9.82 Å². The van der Waals surface area contributed by atoms with Gasteiger partial charge in [-0.1, -0.05) is 18.2 Å². The number of hydrogen-bond donors (Lipinski definition) is 1. The van der Waals surface area contributed by atoms with Gasteiger partial charge in [-0.05, 0) is 39.0 Å². The lowest BCUT2D eigenvalue weighted by Gasteiger charge is -2.16. The number of nitrogens with one attached hydrogen (secondary N) is 1. The molecule has 7 heteroatoms. The number of hydrogen-bond acceptors (Lipinski definition) is 5. The molecule has 0 saturated carbocycles. The summed E-state index contributed by atoms with van der Waals surface area (Å²) in [6, 6.07) is 9.26. The Labute approximate surface area is 157 Å². The first-order valence-electron chi connectivity index (χ1n) is 8.75. The molecule has 0 fully saturated rings. The number of hydrazone groups is 1. The average molecular weight is 374 g/mol. The maximum absolute atomic E-state index is 13.6. The van der Waals surface area contributed by atoms with Crippen molar-refractivity contribution in [2.24, 2.45) is 5.10 Å². The third-order valence-corrected chi connectivity index (χ3v) is 3.45. The molecule has 144 valence electrons. The highest BCUT2D eigenvalue weighted by atomic mass is 19.1. The smallest absolute Gasteiger partial charge is 0.271 e. The summed E-state index contributed by atoms with van der Waals surface area (Å²) >= 11 is 0. The fraction of sp³-hybridized carbons (Fsp3) is 0.300. The fourth-order valence-electron chi connectivity index (χ4n) is 2.32. The quantitative estimate of drug-likeness (QED) is 0.536. The molecule has 0 spiro atoms. The van der Waals surface area contributed by atoms with Crippen molar-refractivity contribution in [3.05, 3.63) is 53.3 Å². The summed E-state index contributed by atoms with van der Waals surface area (Å²) in [7, 11) is 0. The zero-order valence-corrected chi connectivity index (χ0v) is 15.6. The Morgan fingerprint density at radius 1 is 1.04 bits per heavy atom. The second-order valence-electron chi connectivity index (χ2n) is 5.32. The van der Waals surface area contributed by atoms with Crippen LogP contribution < -0.4 is 19.6 Å². The molecule has 0 heterocycles. The largest absolute Gasteiger partial charge is 0.490 e. The highest BCUT2D eigenvalue weighted by molar-refractivity contribution is 5.96. The summed E-state index contributed by atoms with van der Waals surface area (Å²) in [5.41, 5.74) is 2.94. The van der Waals surface area contributed by atoms with Crippen molar-refractivity contribution in [2.75, 3.05) is 19.8 Å². The molecule has 1 amide bonds. The van der Waals surface area contributed by atoms with Crippen LogP contribution in [-0.2, 0) is 0 Å². The van der Waals surface area contributed by atoms with Crippen molar-refractivity contribution < 1.29 is 23.4 Å². The predicted molar refractivity (Wildman–Crippen MR) is 101 cm³/mol. The molecule has 2 rings (SSSR count). The fourth-order valence-corrected chi connectivity index (χ4v) is 2.32. The lowest BCUT2D eigenvalue weighted by Crippen LogP contribution is -2.18. The molecule has 0 saturated heterocycles. The second-order valence-corrected chi connectivity index (χ2v) is 5.32. The second kappa shape index (κ2) is 10.2. The number of carbonyl (C=O) groups excluding carboxylic acids is 1. The Hall–Kier alpha value is -3.09. The summed E-state index contributed by atoms with van der Waals surface area (Å²) in [6.07, 6.45) is 1.24. The lowest BCUT2D eigenvalue weighted by atomic mass is 10.1. The van der Waals surface area contributed by atoms with Crippen molar-refractivity contribution in [1.29, 1.82) is 0 Å². The first-order valence-corrected chi connectivity index (χ1v) is 8.75. The summed E-state index contributed by atoms with van der Waals surface area (Å²) in [6.45, 7) is 6.76. The minimum absolute atomic E-state index is 0.273. The number of rotatable bonds is 9. The van der Waals surface area contributed by atoms with E-state index in [0.717, 1.165) is 0 Å². The maximum Gasteiger partial charge on any atom is 0.271 e. The Balaban J connectivity index is 2.25. The normalized spacial score (nSPS) is 10.7. The van der Waals surface area contributed by atoms with E-state index in [2.05, 4.69) is 10.5 Å². The van der Waals surface area contributed by atoms with Crippen LogP contribution in [-0.4, -0.2) is 31.9 Å². The van der Waals surface area contributed by atoms with Crippen LogP contribution >= 0.6 is 0 Å². The van der Waals surface area contributed by atoms with Gasteiger partial charge in [0, 0.05) is 11.1 Å². The number of nitrogens with zero attached hydrogens (tertiary/aromatic N) is 1. The van der Waals surface area contributed by atoms with Crippen molar-refractivity contribution in [1.82, 2.24) is 5.43 Å². The number of ether oxygens (including phenoxy) is 3. The van der Waals surface area contributed by atoms with E-state index in [4.69, 9.17) is 14.2 Å². The zero-order chi connectivity index (χ0) is 19.6. The SMILES string of the molecule is CCOc1cc(C(=O)NN=Cc2ccccc2F)cc(OCC)c1OCC. The molecule has 0 aliphatic rings. The summed E-state index contributed by atoms with van der Waals surface area (Å²) in [5.74, 6) is 0.371. The van der Waals surface area contributed by atoms with Gasteiger partial charge < -0.3 is 14.2 Å². The van der Waals surface area contributed by atoms with E-state index in [-0.39, 0.29) is 11.1 Å². The molecule has 0 unspecified atom stereocenters. The van der Waals surface area contributed by atoms with Gasteiger partial charge in [-0.2, -0.15) is 5.10 Å². The Kier molecular flexibility index (Phi) is 7.61. The van der Waals surface area contributed by atoms with Gasteiger partial charge in [0.2, 0.25) is 5.75 Å². The number of carbonyl (C=O) groups is 1. The number of amides is 1. The average Bonchev–Trinajstić information content (AvgIpc) is 2.66. The molecule has 0 aliphatic carbocycles. The van der Waals surface area contributed by atoms with E-state index in [1.54, 1.807) is 30.3 Å². The van der Waals surface area contributed by atoms with Crippen molar-refractivity contribution >= 4 is 12.1 Å². The zero-order valence-electron chi connectivity index (χ0n) is 15.6. The van der Waals surface area contributed by atoms with E-state index >= 15 is 0 Å². The van der Waals surface area contributed by atoms with E-state index in [1.165, 1.54) is 12.3 Å². The van der Waals surface area contributed by atoms with E-state index in [0.29, 0.717) is 37.1 Å². The molecule has 0 radical (unpaired) electrons. The van der Waals surface area contributed by atoms with Crippen LogP contribution in [0.2, 0.25) is 0 Å². The van der Waals surface area contributed by atoms with Crippen LogP contribution in [0.5, 0.6) is 17.2 Å². The van der Waals surface area contributed by atoms with Crippen LogP contribution in [0.15, 0.2) is 41.5 Å². The molecule has 1 N–H and O–H groups in total. The summed E-state index contributed by atoms with van der Waals surface area (Å²) in [4.78, 5) is 12.4. The molecule has 0 bridgehead atoms. The molecular formula is C20H23FN2O4. The Morgan fingerprint density at radius 3 is 2.19 bits per heavy atom. The van der Waals surface area contributed by atoms with Crippen LogP contribution in [0.1, 0.15) is 36.7 Å². The molecule has 27 heavy (non-hydrogen) atoms. The molecular weight excluding hydrogens is 351 g/mol. The minimum Gasteiger partial charge on any atom is -0.490 e. The summed E-state index contributed by atoms with van der Waals surface area (Å²) in [5, 5.41) is 3.81. The standard InChI is InChI=1S/C20H23FN2O4/c1-4-25-17-11-15(12-18(26-5-2)19(17)27-6-3)20(24)23-22-13-14-9-7-8-10-16(14)21/h7-13H,4-6H2,1-3H3,(H,23,24). The lowest BCUT2D eigenvalue weighted by molar-refractivity contribution is 0.0954. The van der Waals surface area contributed by atoms with Crippen LogP contribution in [0.4, 0.5) is 4.39 Å². The molecule has 0 aliphatic heterocycles. The Bertz CT molecular complexity index is 781. The monoisotopic (exact) mass is 374 g/mol. The van der Waals surface area contributed by atoms with Crippen molar-refractivity contribution in [3.63, 3.8) is 0 Å².